The van der Waals surface area contributed by atoms with Crippen molar-refractivity contribution in [2.75, 3.05) is 5.32 Å². The molecule has 2 nitrogen and oxygen atoms in total. The Bertz CT molecular complexity index is 638. The number of anilines is 1. The minimum Gasteiger partial charge on any atom is -0.364 e. The number of hydrogen-bond donors (Lipinski definition) is 1. The predicted molar refractivity (Wildman–Crippen MR) is 72.4 cm³/mol. The highest BCUT2D eigenvalue weighted by Gasteiger charge is 2.30. The largest absolute Gasteiger partial charge is 0.416 e. The van der Waals surface area contributed by atoms with E-state index in [-0.39, 0.29) is 17.7 Å². The first-order chi connectivity index (χ1) is 9.77. The average molecular weight is 298 g/mol. The molecule has 1 heterocycles. The summed E-state index contributed by atoms with van der Waals surface area (Å²) in [7, 11) is 0. The third kappa shape index (κ3) is 3.71. The summed E-state index contributed by atoms with van der Waals surface area (Å²) in [6, 6.07) is 6.19. The van der Waals surface area contributed by atoms with Crippen molar-refractivity contribution in [3.05, 3.63) is 59.0 Å². The van der Waals surface area contributed by atoms with Gasteiger partial charge in [-0.1, -0.05) is 12.1 Å². The van der Waals surface area contributed by atoms with Gasteiger partial charge in [0.05, 0.1) is 11.6 Å². The zero-order valence-corrected chi connectivity index (χ0v) is 11.5. The normalized spacial score (nSPS) is 13.0. The van der Waals surface area contributed by atoms with Gasteiger partial charge in [0, 0.05) is 6.20 Å². The van der Waals surface area contributed by atoms with Crippen LogP contribution in [0.15, 0.2) is 36.5 Å². The fraction of sp³-hybridized carbons (Fsp3) is 0.267. The van der Waals surface area contributed by atoms with Gasteiger partial charge in [-0.15, -0.1) is 0 Å². The van der Waals surface area contributed by atoms with E-state index < -0.39 is 11.7 Å². The molecule has 1 N–H and O–H groups in total. The number of aromatic nitrogens is 1. The quantitative estimate of drug-likeness (QED) is 0.829. The average Bonchev–Trinajstić information content (AvgIpc) is 2.41. The van der Waals surface area contributed by atoms with Crippen LogP contribution in [0.1, 0.15) is 29.7 Å². The first-order valence-corrected chi connectivity index (χ1v) is 6.33. The summed E-state index contributed by atoms with van der Waals surface area (Å²) in [4.78, 5) is 3.85. The van der Waals surface area contributed by atoms with Crippen molar-refractivity contribution in [2.45, 2.75) is 26.1 Å². The molecule has 1 aromatic carbocycles. The lowest BCUT2D eigenvalue weighted by Crippen LogP contribution is -2.11. The summed E-state index contributed by atoms with van der Waals surface area (Å²) in [5.41, 5.74) is 0.378. The van der Waals surface area contributed by atoms with E-state index in [0.717, 1.165) is 18.3 Å². The number of aryl methyl sites for hydroxylation is 1. The molecule has 112 valence electrons. The molecule has 2 aromatic rings. The molecule has 1 unspecified atom stereocenters. The Morgan fingerprint density at radius 2 is 1.86 bits per heavy atom. The van der Waals surface area contributed by atoms with E-state index in [1.807, 2.05) is 0 Å². The van der Waals surface area contributed by atoms with Crippen LogP contribution in [0.3, 0.4) is 0 Å². The van der Waals surface area contributed by atoms with Gasteiger partial charge in [0.25, 0.3) is 0 Å². The molecule has 0 amide bonds. The molecule has 1 aromatic heterocycles. The van der Waals surface area contributed by atoms with E-state index in [2.05, 4.69) is 10.3 Å². The number of hydrogen-bond acceptors (Lipinski definition) is 2. The number of rotatable bonds is 3. The molecule has 0 fully saturated rings. The molecular weight excluding hydrogens is 284 g/mol. The van der Waals surface area contributed by atoms with Crippen molar-refractivity contribution < 1.29 is 17.6 Å². The molecule has 0 spiro atoms. The number of alkyl halides is 3. The first-order valence-electron chi connectivity index (χ1n) is 6.33. The summed E-state index contributed by atoms with van der Waals surface area (Å²) < 4.78 is 51.4. The molecule has 0 saturated heterocycles. The SMILES string of the molecule is Cc1ccc(C(C)Nc2cc(C(F)(F)F)ccn2)cc1F. The van der Waals surface area contributed by atoms with Crippen LogP contribution in [-0.4, -0.2) is 4.98 Å². The lowest BCUT2D eigenvalue weighted by Gasteiger charge is -2.16. The Labute approximate surface area is 119 Å². The van der Waals surface area contributed by atoms with Gasteiger partial charge < -0.3 is 5.32 Å². The number of benzene rings is 1. The highest BCUT2D eigenvalue weighted by atomic mass is 19.4. The van der Waals surface area contributed by atoms with E-state index >= 15 is 0 Å². The van der Waals surface area contributed by atoms with Crippen LogP contribution in [0.5, 0.6) is 0 Å². The lowest BCUT2D eigenvalue weighted by atomic mass is 10.1. The van der Waals surface area contributed by atoms with E-state index in [1.165, 1.54) is 6.07 Å². The smallest absolute Gasteiger partial charge is 0.364 e. The maximum Gasteiger partial charge on any atom is 0.416 e. The Kier molecular flexibility index (Phi) is 4.16. The van der Waals surface area contributed by atoms with Crippen molar-refractivity contribution in [1.82, 2.24) is 4.98 Å². The fourth-order valence-electron chi connectivity index (χ4n) is 1.87. The summed E-state index contributed by atoms with van der Waals surface area (Å²) >= 11 is 0. The summed E-state index contributed by atoms with van der Waals surface area (Å²) in [6.45, 7) is 3.37. The molecule has 6 heteroatoms. The van der Waals surface area contributed by atoms with Crippen molar-refractivity contribution in [2.24, 2.45) is 0 Å². The molecule has 0 aliphatic carbocycles. The highest BCUT2D eigenvalue weighted by molar-refractivity contribution is 5.41. The second-order valence-corrected chi connectivity index (χ2v) is 4.80. The Hall–Kier alpha value is -2.11. The molecule has 0 aliphatic rings. The monoisotopic (exact) mass is 298 g/mol. The van der Waals surface area contributed by atoms with Crippen molar-refractivity contribution in [3.8, 4) is 0 Å². The van der Waals surface area contributed by atoms with Gasteiger partial charge in [-0.05, 0) is 43.2 Å². The third-order valence-corrected chi connectivity index (χ3v) is 3.15. The Balaban J connectivity index is 2.19. The Morgan fingerprint density at radius 3 is 2.48 bits per heavy atom. The molecule has 0 radical (unpaired) electrons. The van der Waals surface area contributed by atoms with Gasteiger partial charge in [-0.2, -0.15) is 13.2 Å². The van der Waals surface area contributed by atoms with Crippen LogP contribution in [0.4, 0.5) is 23.4 Å². The van der Waals surface area contributed by atoms with Crippen LogP contribution in [0.2, 0.25) is 0 Å². The van der Waals surface area contributed by atoms with Crippen LogP contribution in [0, 0.1) is 12.7 Å². The molecule has 21 heavy (non-hydrogen) atoms. The number of halogens is 4. The van der Waals surface area contributed by atoms with Gasteiger partial charge in [0.15, 0.2) is 0 Å². The van der Waals surface area contributed by atoms with E-state index in [4.69, 9.17) is 0 Å². The van der Waals surface area contributed by atoms with Gasteiger partial charge in [-0.3, -0.25) is 0 Å². The summed E-state index contributed by atoms with van der Waals surface area (Å²) in [5.74, 6) is -0.253. The Morgan fingerprint density at radius 1 is 1.14 bits per heavy atom. The van der Waals surface area contributed by atoms with Gasteiger partial charge in [-0.25, -0.2) is 9.37 Å². The highest BCUT2D eigenvalue weighted by Crippen LogP contribution is 2.30. The van der Waals surface area contributed by atoms with E-state index in [0.29, 0.717) is 11.1 Å². The van der Waals surface area contributed by atoms with Crippen LogP contribution in [-0.2, 0) is 6.18 Å². The zero-order chi connectivity index (χ0) is 15.6. The van der Waals surface area contributed by atoms with Gasteiger partial charge >= 0.3 is 6.18 Å². The molecular formula is C15H14F4N2. The van der Waals surface area contributed by atoms with Gasteiger partial charge in [0.1, 0.15) is 11.6 Å². The van der Waals surface area contributed by atoms with Gasteiger partial charge in [0.2, 0.25) is 0 Å². The number of nitrogens with zero attached hydrogens (tertiary/aromatic N) is 1. The van der Waals surface area contributed by atoms with Crippen molar-refractivity contribution >= 4 is 5.82 Å². The van der Waals surface area contributed by atoms with Crippen LogP contribution < -0.4 is 5.32 Å². The topological polar surface area (TPSA) is 24.9 Å². The summed E-state index contributed by atoms with van der Waals surface area (Å²) in [6.07, 6.45) is -3.33. The second-order valence-electron chi connectivity index (χ2n) is 4.80. The maximum atomic E-state index is 13.5. The fourth-order valence-corrected chi connectivity index (χ4v) is 1.87. The maximum absolute atomic E-state index is 13.5. The number of pyridine rings is 1. The van der Waals surface area contributed by atoms with Crippen LogP contribution >= 0.6 is 0 Å². The minimum absolute atomic E-state index is 0.0957. The first kappa shape index (κ1) is 15.3. The summed E-state index contributed by atoms with van der Waals surface area (Å²) in [5, 5.41) is 2.84. The molecule has 0 bridgehead atoms. The zero-order valence-electron chi connectivity index (χ0n) is 11.5. The van der Waals surface area contributed by atoms with Crippen molar-refractivity contribution in [3.63, 3.8) is 0 Å². The lowest BCUT2D eigenvalue weighted by molar-refractivity contribution is -0.137. The third-order valence-electron chi connectivity index (χ3n) is 3.15. The standard InChI is InChI=1S/C15H14F4N2/c1-9-3-4-11(7-13(9)16)10(2)21-14-8-12(5-6-20-14)15(17,18)19/h3-8,10H,1-2H3,(H,20,21). The molecule has 2 rings (SSSR count). The molecule has 0 saturated carbocycles. The number of nitrogens with one attached hydrogen (secondary N) is 1. The second kappa shape index (κ2) is 5.71. The van der Waals surface area contributed by atoms with Crippen molar-refractivity contribution in [1.29, 1.82) is 0 Å². The molecule has 1 atom stereocenters. The minimum atomic E-state index is -4.42. The van der Waals surface area contributed by atoms with E-state index in [1.54, 1.807) is 26.0 Å². The predicted octanol–water partition coefficient (Wildman–Crippen LogP) is 4.72. The van der Waals surface area contributed by atoms with E-state index in [9.17, 15) is 17.6 Å². The molecule has 0 aliphatic heterocycles. The van der Waals surface area contributed by atoms with Crippen LogP contribution in [0.25, 0.3) is 0 Å².